The summed E-state index contributed by atoms with van der Waals surface area (Å²) in [6.07, 6.45) is 4.14. The number of hydrogen-bond acceptors (Lipinski definition) is 6. The van der Waals surface area contributed by atoms with Crippen molar-refractivity contribution in [3.63, 3.8) is 0 Å². The highest BCUT2D eigenvalue weighted by Crippen LogP contribution is 2.22. The van der Waals surface area contributed by atoms with Crippen molar-refractivity contribution in [1.82, 2.24) is 9.97 Å². The van der Waals surface area contributed by atoms with Crippen LogP contribution in [-0.4, -0.2) is 49.8 Å². The maximum atomic E-state index is 5.23. The van der Waals surface area contributed by atoms with Gasteiger partial charge in [0.15, 0.2) is 0 Å². The summed E-state index contributed by atoms with van der Waals surface area (Å²) in [4.78, 5) is 13.7. The first-order valence-corrected chi connectivity index (χ1v) is 9.01. The number of rotatable bonds is 7. The molecule has 0 amide bonds. The van der Waals surface area contributed by atoms with Gasteiger partial charge in [-0.25, -0.2) is 4.98 Å². The molecule has 134 valence electrons. The second kappa shape index (κ2) is 8.55. The third-order valence-corrected chi connectivity index (χ3v) is 4.50. The summed E-state index contributed by atoms with van der Waals surface area (Å²) in [7, 11) is 1.70. The molecule has 1 fully saturated rings. The van der Waals surface area contributed by atoms with Gasteiger partial charge in [-0.1, -0.05) is 13.3 Å². The fourth-order valence-corrected chi connectivity index (χ4v) is 2.97. The highest BCUT2D eigenvalue weighted by molar-refractivity contribution is 5.51. The molecule has 1 N–H and O–H groups in total. The van der Waals surface area contributed by atoms with Crippen molar-refractivity contribution in [1.29, 1.82) is 0 Å². The summed E-state index contributed by atoms with van der Waals surface area (Å²) >= 11 is 0. The van der Waals surface area contributed by atoms with Crippen molar-refractivity contribution in [2.24, 2.45) is 0 Å². The maximum absolute atomic E-state index is 5.23. The quantitative estimate of drug-likeness (QED) is 0.781. The monoisotopic (exact) mass is 341 g/mol. The largest absolute Gasteiger partial charge is 0.497 e. The van der Waals surface area contributed by atoms with E-state index < -0.39 is 0 Å². The molecular weight excluding hydrogens is 314 g/mol. The van der Waals surface area contributed by atoms with E-state index in [9.17, 15) is 0 Å². The standard InChI is InChI=1S/C19H27N5O/c1-3-4-10-20-19-21-11-9-18(22-19)24-14-12-23(13-15-24)16-5-7-17(25-2)8-6-16/h5-9,11H,3-4,10,12-15H2,1-2H3,(H,20,21,22). The Balaban J connectivity index is 1.57. The van der Waals surface area contributed by atoms with E-state index in [1.54, 1.807) is 7.11 Å². The van der Waals surface area contributed by atoms with Crippen molar-refractivity contribution in [2.45, 2.75) is 19.8 Å². The van der Waals surface area contributed by atoms with Gasteiger partial charge in [0.25, 0.3) is 0 Å². The maximum Gasteiger partial charge on any atom is 0.224 e. The molecule has 2 aromatic rings. The number of hydrogen-bond donors (Lipinski definition) is 1. The second-order valence-corrected chi connectivity index (χ2v) is 6.19. The number of methoxy groups -OCH3 is 1. The average molecular weight is 341 g/mol. The average Bonchev–Trinajstić information content (AvgIpc) is 2.69. The Morgan fingerprint density at radius 3 is 2.44 bits per heavy atom. The molecule has 25 heavy (non-hydrogen) atoms. The van der Waals surface area contributed by atoms with Gasteiger partial charge in [0.05, 0.1) is 7.11 Å². The Morgan fingerprint density at radius 1 is 1.04 bits per heavy atom. The lowest BCUT2D eigenvalue weighted by Crippen LogP contribution is -2.46. The van der Waals surface area contributed by atoms with Crippen LogP contribution in [0.4, 0.5) is 17.5 Å². The van der Waals surface area contributed by atoms with E-state index in [-0.39, 0.29) is 0 Å². The summed E-state index contributed by atoms with van der Waals surface area (Å²) in [6.45, 7) is 6.98. The normalized spacial score (nSPS) is 14.5. The number of anilines is 3. The molecule has 0 radical (unpaired) electrons. The number of ether oxygens (including phenoxy) is 1. The highest BCUT2D eigenvalue weighted by Gasteiger charge is 2.18. The van der Waals surface area contributed by atoms with Gasteiger partial charge in [0.2, 0.25) is 5.95 Å². The van der Waals surface area contributed by atoms with Gasteiger partial charge in [-0.15, -0.1) is 0 Å². The van der Waals surface area contributed by atoms with Crippen LogP contribution >= 0.6 is 0 Å². The Labute approximate surface area is 149 Å². The smallest absolute Gasteiger partial charge is 0.224 e. The fourth-order valence-electron chi connectivity index (χ4n) is 2.97. The zero-order valence-corrected chi connectivity index (χ0v) is 15.1. The lowest BCUT2D eigenvalue weighted by atomic mass is 10.2. The van der Waals surface area contributed by atoms with Crippen LogP contribution < -0.4 is 19.9 Å². The van der Waals surface area contributed by atoms with Gasteiger partial charge < -0.3 is 19.9 Å². The zero-order chi connectivity index (χ0) is 17.5. The molecule has 6 heteroatoms. The first-order valence-electron chi connectivity index (χ1n) is 9.01. The lowest BCUT2D eigenvalue weighted by Gasteiger charge is -2.36. The Kier molecular flexibility index (Phi) is 5.93. The van der Waals surface area contributed by atoms with Crippen LogP contribution in [0.1, 0.15) is 19.8 Å². The Bertz CT molecular complexity index is 653. The molecule has 1 aromatic carbocycles. The van der Waals surface area contributed by atoms with Crippen molar-refractivity contribution in [2.75, 3.05) is 55.0 Å². The molecule has 1 aliphatic rings. The topological polar surface area (TPSA) is 53.5 Å². The number of nitrogens with one attached hydrogen (secondary N) is 1. The van der Waals surface area contributed by atoms with Crippen molar-refractivity contribution < 1.29 is 4.74 Å². The molecule has 3 rings (SSSR count). The predicted octanol–water partition coefficient (Wildman–Crippen LogP) is 3.02. The SMILES string of the molecule is CCCCNc1nccc(N2CCN(c3ccc(OC)cc3)CC2)n1. The first kappa shape index (κ1) is 17.3. The van der Waals surface area contributed by atoms with Crippen LogP contribution in [0.15, 0.2) is 36.5 Å². The molecule has 0 aliphatic carbocycles. The molecule has 1 saturated heterocycles. The number of unbranched alkanes of at least 4 members (excludes halogenated alkanes) is 1. The van der Waals surface area contributed by atoms with Crippen LogP contribution in [-0.2, 0) is 0 Å². The minimum absolute atomic E-state index is 0.725. The van der Waals surface area contributed by atoms with E-state index in [4.69, 9.17) is 4.74 Å². The van der Waals surface area contributed by atoms with E-state index in [1.165, 1.54) is 12.1 Å². The number of piperazine rings is 1. The van der Waals surface area contributed by atoms with Crippen LogP contribution in [0.3, 0.4) is 0 Å². The first-order chi connectivity index (χ1) is 12.3. The van der Waals surface area contributed by atoms with Crippen molar-refractivity contribution in [3.8, 4) is 5.75 Å². The second-order valence-electron chi connectivity index (χ2n) is 6.19. The summed E-state index contributed by atoms with van der Waals surface area (Å²) in [5, 5.41) is 3.30. The molecule has 0 atom stereocenters. The summed E-state index contributed by atoms with van der Waals surface area (Å²) in [5.74, 6) is 2.62. The van der Waals surface area contributed by atoms with Gasteiger partial charge in [0.1, 0.15) is 11.6 Å². The molecule has 0 bridgehead atoms. The Hall–Kier alpha value is -2.50. The zero-order valence-electron chi connectivity index (χ0n) is 15.1. The molecule has 0 unspecified atom stereocenters. The van der Waals surface area contributed by atoms with Gasteiger partial charge in [-0.05, 0) is 36.8 Å². The molecule has 0 saturated carbocycles. The Morgan fingerprint density at radius 2 is 1.76 bits per heavy atom. The number of benzene rings is 1. The minimum Gasteiger partial charge on any atom is -0.497 e. The summed E-state index contributed by atoms with van der Waals surface area (Å²) < 4.78 is 5.23. The predicted molar refractivity (Wildman–Crippen MR) is 103 cm³/mol. The van der Waals surface area contributed by atoms with Crippen LogP contribution in [0.2, 0.25) is 0 Å². The third-order valence-electron chi connectivity index (χ3n) is 4.50. The van der Waals surface area contributed by atoms with Gasteiger partial charge in [-0.2, -0.15) is 4.98 Å². The fraction of sp³-hybridized carbons (Fsp3) is 0.474. The van der Waals surface area contributed by atoms with Crippen molar-refractivity contribution in [3.05, 3.63) is 36.5 Å². The van der Waals surface area contributed by atoms with E-state index in [0.29, 0.717) is 0 Å². The third kappa shape index (κ3) is 4.53. The van der Waals surface area contributed by atoms with E-state index in [0.717, 1.165) is 56.7 Å². The molecule has 1 aromatic heterocycles. The number of aromatic nitrogens is 2. The van der Waals surface area contributed by atoms with Crippen LogP contribution in [0.5, 0.6) is 5.75 Å². The van der Waals surface area contributed by atoms with E-state index >= 15 is 0 Å². The van der Waals surface area contributed by atoms with Crippen LogP contribution in [0, 0.1) is 0 Å². The molecule has 6 nitrogen and oxygen atoms in total. The number of nitrogens with zero attached hydrogens (tertiary/aromatic N) is 4. The van der Waals surface area contributed by atoms with E-state index in [1.807, 2.05) is 24.4 Å². The molecule has 0 spiro atoms. The van der Waals surface area contributed by atoms with Crippen molar-refractivity contribution >= 4 is 17.5 Å². The highest BCUT2D eigenvalue weighted by atomic mass is 16.5. The summed E-state index contributed by atoms with van der Waals surface area (Å²) in [6, 6.07) is 10.3. The van der Waals surface area contributed by atoms with Crippen LogP contribution in [0.25, 0.3) is 0 Å². The minimum atomic E-state index is 0.725. The molecule has 2 heterocycles. The van der Waals surface area contributed by atoms with Gasteiger partial charge in [-0.3, -0.25) is 0 Å². The van der Waals surface area contributed by atoms with E-state index in [2.05, 4.69) is 44.1 Å². The van der Waals surface area contributed by atoms with Gasteiger partial charge in [0, 0.05) is 44.6 Å². The van der Waals surface area contributed by atoms with Gasteiger partial charge >= 0.3 is 0 Å². The lowest BCUT2D eigenvalue weighted by molar-refractivity contribution is 0.415. The molecule has 1 aliphatic heterocycles. The summed E-state index contributed by atoms with van der Waals surface area (Å²) in [5.41, 5.74) is 1.24. The molecular formula is C19H27N5O.